The summed E-state index contributed by atoms with van der Waals surface area (Å²) in [6.45, 7) is 6.57. The fourth-order valence-corrected chi connectivity index (χ4v) is 1.28. The first kappa shape index (κ1) is 13.3. The average molecular weight is 248 g/mol. The molecule has 1 N–H and O–H groups in total. The van der Waals surface area contributed by atoms with Gasteiger partial charge in [-0.25, -0.2) is 0 Å². The molecule has 0 saturated carbocycles. The van der Waals surface area contributed by atoms with Gasteiger partial charge in [0.25, 0.3) is 0 Å². The Labute approximate surface area is 101 Å². The van der Waals surface area contributed by atoms with E-state index in [1.54, 1.807) is 14.0 Å². The summed E-state index contributed by atoms with van der Waals surface area (Å²) >= 11 is 5.83. The zero-order chi connectivity index (χ0) is 12.1. The summed E-state index contributed by atoms with van der Waals surface area (Å²) < 4.78 is 10.5. The molecular formula is C10H18ClN3O2. The van der Waals surface area contributed by atoms with E-state index in [4.69, 9.17) is 20.8 Å². The zero-order valence-corrected chi connectivity index (χ0v) is 10.8. The van der Waals surface area contributed by atoms with Crippen LogP contribution in [0.2, 0.25) is 0 Å². The summed E-state index contributed by atoms with van der Waals surface area (Å²) in [5.41, 5.74) is 0. The van der Waals surface area contributed by atoms with E-state index in [2.05, 4.69) is 29.4 Å². The van der Waals surface area contributed by atoms with E-state index in [0.29, 0.717) is 24.4 Å². The van der Waals surface area contributed by atoms with Crippen molar-refractivity contribution in [2.24, 2.45) is 5.92 Å². The number of methoxy groups -OCH3 is 1. The first-order valence-electron chi connectivity index (χ1n) is 5.27. The van der Waals surface area contributed by atoms with E-state index in [0.717, 1.165) is 0 Å². The Kier molecular flexibility index (Phi) is 5.02. The molecule has 0 aliphatic carbocycles. The maximum Gasteiger partial charge on any atom is 0.315 e. The number of ether oxygens (including phenoxy) is 1. The lowest BCUT2D eigenvalue weighted by Gasteiger charge is -2.19. The molecule has 0 aromatic carbocycles. The second-order valence-corrected chi connectivity index (χ2v) is 4.67. The van der Waals surface area contributed by atoms with E-state index < -0.39 is 0 Å². The highest BCUT2D eigenvalue weighted by Gasteiger charge is 2.17. The van der Waals surface area contributed by atoms with Crippen LogP contribution < -0.4 is 5.32 Å². The lowest BCUT2D eigenvalue weighted by atomic mass is 10.1. The monoisotopic (exact) mass is 247 g/mol. The molecule has 92 valence electrons. The van der Waals surface area contributed by atoms with Gasteiger partial charge in [-0.15, -0.1) is 16.7 Å². The molecule has 0 amide bonds. The first-order chi connectivity index (χ1) is 7.54. The van der Waals surface area contributed by atoms with E-state index in [-0.39, 0.29) is 11.4 Å². The number of anilines is 1. The quantitative estimate of drug-likeness (QED) is 0.783. The fourth-order valence-electron chi connectivity index (χ4n) is 1.19. The average Bonchev–Trinajstić information content (AvgIpc) is 2.65. The first-order valence-corrected chi connectivity index (χ1v) is 5.71. The van der Waals surface area contributed by atoms with Crippen LogP contribution in [0.1, 0.15) is 32.0 Å². The highest BCUT2D eigenvalue weighted by atomic mass is 35.5. The number of nitrogens with one attached hydrogen (secondary N) is 1. The Hall–Kier alpha value is -0.810. The molecule has 0 aliphatic rings. The van der Waals surface area contributed by atoms with Crippen molar-refractivity contribution in [3.63, 3.8) is 0 Å². The molecule has 0 fully saturated rings. The van der Waals surface area contributed by atoms with Crippen LogP contribution >= 0.6 is 11.6 Å². The van der Waals surface area contributed by atoms with Crippen LogP contribution in [0.4, 0.5) is 6.01 Å². The standard InChI is InChI=1S/C10H18ClN3O2/c1-6(2)8(5-15-4)12-10-14-13-9(16-10)7(3)11/h6-8H,5H2,1-4H3,(H,12,14). The van der Waals surface area contributed by atoms with Crippen molar-refractivity contribution in [3.8, 4) is 0 Å². The summed E-state index contributed by atoms with van der Waals surface area (Å²) in [5.74, 6) is 0.827. The predicted molar refractivity (Wildman–Crippen MR) is 62.7 cm³/mol. The van der Waals surface area contributed by atoms with E-state index in [1.165, 1.54) is 0 Å². The zero-order valence-electron chi connectivity index (χ0n) is 10.0. The largest absolute Gasteiger partial charge is 0.406 e. The van der Waals surface area contributed by atoms with E-state index in [1.807, 2.05) is 0 Å². The Balaban J connectivity index is 2.62. The van der Waals surface area contributed by atoms with Gasteiger partial charge in [0.15, 0.2) is 0 Å². The molecule has 5 nitrogen and oxygen atoms in total. The van der Waals surface area contributed by atoms with Gasteiger partial charge in [0.1, 0.15) is 5.38 Å². The molecule has 2 unspecified atom stereocenters. The van der Waals surface area contributed by atoms with Gasteiger partial charge in [0.05, 0.1) is 12.6 Å². The van der Waals surface area contributed by atoms with Crippen molar-refractivity contribution in [1.82, 2.24) is 10.2 Å². The molecule has 0 radical (unpaired) electrons. The van der Waals surface area contributed by atoms with Crippen molar-refractivity contribution >= 4 is 17.6 Å². The van der Waals surface area contributed by atoms with Gasteiger partial charge in [-0.05, 0) is 12.8 Å². The van der Waals surface area contributed by atoms with E-state index >= 15 is 0 Å². The van der Waals surface area contributed by atoms with E-state index in [9.17, 15) is 0 Å². The minimum Gasteiger partial charge on any atom is -0.406 e. The number of rotatable bonds is 6. The van der Waals surface area contributed by atoms with Crippen molar-refractivity contribution in [1.29, 1.82) is 0 Å². The Morgan fingerprint density at radius 1 is 1.38 bits per heavy atom. The van der Waals surface area contributed by atoms with Gasteiger partial charge in [-0.3, -0.25) is 0 Å². The summed E-state index contributed by atoms with van der Waals surface area (Å²) in [4.78, 5) is 0. The minimum absolute atomic E-state index is 0.143. The number of nitrogens with zero attached hydrogens (tertiary/aromatic N) is 2. The summed E-state index contributed by atoms with van der Waals surface area (Å²) in [6, 6.07) is 0.530. The van der Waals surface area contributed by atoms with Crippen LogP contribution in [0.5, 0.6) is 0 Å². The number of alkyl halides is 1. The van der Waals surface area contributed by atoms with Crippen LogP contribution in [0, 0.1) is 5.92 Å². The second-order valence-electron chi connectivity index (χ2n) is 4.01. The van der Waals surface area contributed by atoms with Gasteiger partial charge >= 0.3 is 6.01 Å². The molecule has 6 heteroatoms. The Bertz CT molecular complexity index is 315. The highest BCUT2D eigenvalue weighted by molar-refractivity contribution is 6.20. The van der Waals surface area contributed by atoms with Gasteiger partial charge in [-0.1, -0.05) is 18.9 Å². The summed E-state index contributed by atoms with van der Waals surface area (Å²) in [5, 5.41) is 10.6. The summed E-state index contributed by atoms with van der Waals surface area (Å²) in [7, 11) is 1.66. The van der Waals surface area contributed by atoms with Gasteiger partial charge < -0.3 is 14.5 Å². The molecule has 1 heterocycles. The predicted octanol–water partition coefficient (Wildman–Crippen LogP) is 2.45. The van der Waals surface area contributed by atoms with Crippen LogP contribution in [0.15, 0.2) is 4.42 Å². The second kappa shape index (κ2) is 6.06. The van der Waals surface area contributed by atoms with Crippen LogP contribution in [-0.4, -0.2) is 30.0 Å². The molecule has 1 rings (SSSR count). The molecule has 0 saturated heterocycles. The normalized spacial score (nSPS) is 15.1. The molecule has 1 aromatic heterocycles. The molecule has 0 spiro atoms. The molecule has 0 aliphatic heterocycles. The maximum absolute atomic E-state index is 5.83. The fraction of sp³-hybridized carbons (Fsp3) is 0.800. The van der Waals surface area contributed by atoms with Gasteiger partial charge in [-0.2, -0.15) is 0 Å². The van der Waals surface area contributed by atoms with Crippen molar-refractivity contribution in [2.75, 3.05) is 19.0 Å². The number of aromatic nitrogens is 2. The Morgan fingerprint density at radius 2 is 2.06 bits per heavy atom. The molecular weight excluding hydrogens is 230 g/mol. The summed E-state index contributed by atoms with van der Waals surface area (Å²) in [6.07, 6.45) is 0. The Morgan fingerprint density at radius 3 is 2.50 bits per heavy atom. The third-order valence-electron chi connectivity index (χ3n) is 2.24. The van der Waals surface area contributed by atoms with Crippen molar-refractivity contribution < 1.29 is 9.15 Å². The SMILES string of the molecule is COCC(Nc1nnc(C(C)Cl)o1)C(C)C. The van der Waals surface area contributed by atoms with Crippen molar-refractivity contribution in [3.05, 3.63) is 5.89 Å². The van der Waals surface area contributed by atoms with Crippen molar-refractivity contribution in [2.45, 2.75) is 32.2 Å². The third-order valence-corrected chi connectivity index (χ3v) is 2.43. The number of halogens is 1. The molecule has 16 heavy (non-hydrogen) atoms. The van der Waals surface area contributed by atoms with Gasteiger partial charge in [0.2, 0.25) is 5.89 Å². The maximum atomic E-state index is 5.83. The molecule has 0 bridgehead atoms. The molecule has 1 aromatic rings. The molecule has 2 atom stereocenters. The third kappa shape index (κ3) is 3.64. The smallest absolute Gasteiger partial charge is 0.315 e. The van der Waals surface area contributed by atoms with Crippen LogP contribution in [0.3, 0.4) is 0 Å². The highest BCUT2D eigenvalue weighted by Crippen LogP contribution is 2.20. The van der Waals surface area contributed by atoms with Crippen LogP contribution in [-0.2, 0) is 4.74 Å². The number of hydrogen-bond donors (Lipinski definition) is 1. The number of hydrogen-bond acceptors (Lipinski definition) is 5. The van der Waals surface area contributed by atoms with Gasteiger partial charge in [0, 0.05) is 7.11 Å². The lowest BCUT2D eigenvalue weighted by molar-refractivity contribution is 0.170. The van der Waals surface area contributed by atoms with Crippen LogP contribution in [0.25, 0.3) is 0 Å². The minimum atomic E-state index is -0.275. The topological polar surface area (TPSA) is 60.2 Å². The lowest BCUT2D eigenvalue weighted by Crippen LogP contribution is -2.30.